The van der Waals surface area contributed by atoms with E-state index >= 15 is 0 Å². The molecule has 0 aliphatic carbocycles. The van der Waals surface area contributed by atoms with Crippen LogP contribution in [0, 0.1) is 24.2 Å². The van der Waals surface area contributed by atoms with Crippen molar-refractivity contribution in [3.63, 3.8) is 0 Å². The van der Waals surface area contributed by atoms with Crippen LogP contribution in [0.5, 0.6) is 0 Å². The van der Waals surface area contributed by atoms with Crippen molar-refractivity contribution >= 4 is 5.82 Å². The van der Waals surface area contributed by atoms with Gasteiger partial charge in [0.05, 0.1) is 17.8 Å². The minimum Gasteiger partial charge on any atom is -0.396 e. The van der Waals surface area contributed by atoms with E-state index in [0.29, 0.717) is 11.6 Å². The summed E-state index contributed by atoms with van der Waals surface area (Å²) in [6.07, 6.45) is 3.98. The molecule has 0 bridgehead atoms. The van der Waals surface area contributed by atoms with E-state index in [0.717, 1.165) is 30.2 Å². The number of pyridine rings is 1. The van der Waals surface area contributed by atoms with Gasteiger partial charge in [0.2, 0.25) is 0 Å². The molecule has 3 rings (SSSR count). The number of aliphatic hydroxyl groups excluding tert-OH is 1. The van der Waals surface area contributed by atoms with Gasteiger partial charge in [-0.2, -0.15) is 10.4 Å². The van der Waals surface area contributed by atoms with Gasteiger partial charge in [-0.1, -0.05) is 0 Å². The van der Waals surface area contributed by atoms with Crippen LogP contribution in [0.15, 0.2) is 24.5 Å². The van der Waals surface area contributed by atoms with Crippen LogP contribution in [-0.4, -0.2) is 39.6 Å². The summed E-state index contributed by atoms with van der Waals surface area (Å²) in [6, 6.07) is 6.11. The largest absolute Gasteiger partial charge is 0.396 e. The first-order valence-electron chi connectivity index (χ1n) is 8.30. The summed E-state index contributed by atoms with van der Waals surface area (Å²) < 4.78 is 1.95. The molecule has 2 aromatic rings. The van der Waals surface area contributed by atoms with E-state index in [4.69, 9.17) is 5.26 Å². The second-order valence-corrected chi connectivity index (χ2v) is 6.77. The van der Waals surface area contributed by atoms with E-state index < -0.39 is 0 Å². The lowest BCUT2D eigenvalue weighted by Gasteiger charge is -2.18. The summed E-state index contributed by atoms with van der Waals surface area (Å²) >= 11 is 0. The molecule has 2 aromatic heterocycles. The molecule has 3 heterocycles. The third-order valence-corrected chi connectivity index (χ3v) is 4.65. The lowest BCUT2D eigenvalue weighted by atomic mass is 9.92. The third-order valence-electron chi connectivity index (χ3n) is 4.65. The first-order chi connectivity index (χ1) is 11.5. The molecule has 6 heteroatoms. The summed E-state index contributed by atoms with van der Waals surface area (Å²) in [5.41, 5.74) is 2.60. The molecule has 1 N–H and O–H groups in total. The quantitative estimate of drug-likeness (QED) is 0.933. The fraction of sp³-hybridized carbons (Fsp3) is 0.500. The summed E-state index contributed by atoms with van der Waals surface area (Å²) in [7, 11) is 0. The minimum atomic E-state index is 0.130. The van der Waals surface area contributed by atoms with Crippen LogP contribution >= 0.6 is 0 Å². The molecule has 0 unspecified atom stereocenters. The number of aromatic nitrogens is 3. The van der Waals surface area contributed by atoms with Crippen molar-refractivity contribution in [3.05, 3.63) is 41.3 Å². The van der Waals surface area contributed by atoms with Crippen LogP contribution in [0.3, 0.4) is 0 Å². The summed E-state index contributed by atoms with van der Waals surface area (Å²) in [5.74, 6) is 1.17. The average molecular weight is 325 g/mol. The fourth-order valence-corrected chi connectivity index (χ4v) is 3.33. The van der Waals surface area contributed by atoms with Crippen molar-refractivity contribution in [2.24, 2.45) is 5.92 Å². The van der Waals surface area contributed by atoms with Gasteiger partial charge in [-0.3, -0.25) is 4.68 Å². The highest BCUT2D eigenvalue weighted by Crippen LogP contribution is 2.35. The second-order valence-electron chi connectivity index (χ2n) is 6.77. The summed E-state index contributed by atoms with van der Waals surface area (Å²) in [5, 5.41) is 23.4. The number of nitrogens with zero attached hydrogens (tertiary/aromatic N) is 5. The summed E-state index contributed by atoms with van der Waals surface area (Å²) in [6.45, 7) is 7.73. The Morgan fingerprint density at radius 1 is 1.38 bits per heavy atom. The molecule has 0 amide bonds. The molecule has 0 aromatic carbocycles. The molecule has 0 radical (unpaired) electrons. The lowest BCUT2D eigenvalue weighted by Crippen LogP contribution is -2.22. The van der Waals surface area contributed by atoms with E-state index in [1.165, 1.54) is 0 Å². The zero-order chi connectivity index (χ0) is 17.3. The predicted molar refractivity (Wildman–Crippen MR) is 91.8 cm³/mol. The average Bonchev–Trinajstić information content (AvgIpc) is 3.20. The predicted octanol–water partition coefficient (Wildman–Crippen LogP) is 2.25. The Hall–Kier alpha value is -2.39. The number of aliphatic hydroxyl groups is 1. The van der Waals surface area contributed by atoms with Gasteiger partial charge >= 0.3 is 0 Å². The van der Waals surface area contributed by atoms with Gasteiger partial charge in [-0.25, -0.2) is 4.98 Å². The highest BCUT2D eigenvalue weighted by atomic mass is 16.3. The standard InChI is InChI=1S/C18H23N5O/c1-12(2)23-9-15(7-20-23)17-10-22(8-16(17)11-24)18-5-14(6-19)4-13(3)21-18/h4-5,7,9,12,16-17,24H,8,10-11H2,1-3H3/t16-,17-/m0/s1. The number of nitriles is 1. The maximum Gasteiger partial charge on any atom is 0.130 e. The highest BCUT2D eigenvalue weighted by molar-refractivity contribution is 5.48. The molecule has 6 nitrogen and oxygen atoms in total. The SMILES string of the molecule is Cc1cc(C#N)cc(N2C[C@@H](CO)[C@H](c3cnn(C(C)C)c3)C2)n1. The normalized spacial score (nSPS) is 20.6. The van der Waals surface area contributed by atoms with Crippen LogP contribution in [0.2, 0.25) is 0 Å². The highest BCUT2D eigenvalue weighted by Gasteiger charge is 2.35. The van der Waals surface area contributed by atoms with Crippen LogP contribution in [0.1, 0.15) is 42.6 Å². The number of hydrogen-bond acceptors (Lipinski definition) is 5. The molecule has 24 heavy (non-hydrogen) atoms. The van der Waals surface area contributed by atoms with Crippen LogP contribution in [0.4, 0.5) is 5.82 Å². The molecular formula is C18H23N5O. The first-order valence-corrected chi connectivity index (χ1v) is 8.30. The van der Waals surface area contributed by atoms with Crippen molar-refractivity contribution in [1.29, 1.82) is 5.26 Å². The van der Waals surface area contributed by atoms with Gasteiger partial charge in [0.25, 0.3) is 0 Å². The Balaban J connectivity index is 1.86. The van der Waals surface area contributed by atoms with Crippen LogP contribution < -0.4 is 4.90 Å². The molecule has 2 atom stereocenters. The Morgan fingerprint density at radius 2 is 2.17 bits per heavy atom. The van der Waals surface area contributed by atoms with Crippen molar-refractivity contribution in [2.75, 3.05) is 24.6 Å². The minimum absolute atomic E-state index is 0.130. The molecule has 126 valence electrons. The van der Waals surface area contributed by atoms with Gasteiger partial charge in [-0.05, 0) is 38.5 Å². The maximum absolute atomic E-state index is 9.81. The molecule has 1 aliphatic rings. The number of aryl methyl sites for hydroxylation is 1. The van der Waals surface area contributed by atoms with E-state index in [9.17, 15) is 5.11 Å². The van der Waals surface area contributed by atoms with E-state index in [-0.39, 0.29) is 18.4 Å². The van der Waals surface area contributed by atoms with Crippen LogP contribution in [-0.2, 0) is 0 Å². The van der Waals surface area contributed by atoms with Crippen molar-refractivity contribution < 1.29 is 5.11 Å². The smallest absolute Gasteiger partial charge is 0.130 e. The molecule has 0 saturated carbocycles. The Labute approximate surface area is 142 Å². The third kappa shape index (κ3) is 3.13. The van der Waals surface area contributed by atoms with Gasteiger partial charge in [0.1, 0.15) is 5.82 Å². The summed E-state index contributed by atoms with van der Waals surface area (Å²) in [4.78, 5) is 6.73. The van der Waals surface area contributed by atoms with Crippen LogP contribution in [0.25, 0.3) is 0 Å². The Kier molecular flexibility index (Phi) is 4.54. The van der Waals surface area contributed by atoms with Crippen molar-refractivity contribution in [1.82, 2.24) is 14.8 Å². The Bertz CT molecular complexity index is 761. The monoisotopic (exact) mass is 325 g/mol. The van der Waals surface area contributed by atoms with Crippen molar-refractivity contribution in [3.8, 4) is 6.07 Å². The van der Waals surface area contributed by atoms with Gasteiger partial charge in [0, 0.05) is 49.5 Å². The number of rotatable bonds is 4. The zero-order valence-electron chi connectivity index (χ0n) is 14.3. The van der Waals surface area contributed by atoms with E-state index in [2.05, 4.69) is 41.1 Å². The van der Waals surface area contributed by atoms with Gasteiger partial charge < -0.3 is 10.0 Å². The molecule has 1 saturated heterocycles. The first kappa shape index (κ1) is 16.5. The maximum atomic E-state index is 9.81. The fourth-order valence-electron chi connectivity index (χ4n) is 3.33. The van der Waals surface area contributed by atoms with Gasteiger partial charge in [-0.15, -0.1) is 0 Å². The van der Waals surface area contributed by atoms with E-state index in [1.54, 1.807) is 6.07 Å². The second kappa shape index (κ2) is 6.62. The Morgan fingerprint density at radius 3 is 2.79 bits per heavy atom. The molecule has 0 spiro atoms. The molecular weight excluding hydrogens is 302 g/mol. The number of hydrogen-bond donors (Lipinski definition) is 1. The number of anilines is 1. The molecule has 1 fully saturated rings. The molecule has 1 aliphatic heterocycles. The zero-order valence-corrected chi connectivity index (χ0v) is 14.3. The lowest BCUT2D eigenvalue weighted by molar-refractivity contribution is 0.227. The van der Waals surface area contributed by atoms with Gasteiger partial charge in [0.15, 0.2) is 0 Å². The van der Waals surface area contributed by atoms with Crippen molar-refractivity contribution in [2.45, 2.75) is 32.7 Å². The topological polar surface area (TPSA) is 78.0 Å². The van der Waals surface area contributed by atoms with E-state index in [1.807, 2.05) is 23.9 Å².